The first-order valence-electron chi connectivity index (χ1n) is 8.18. The Bertz CT molecular complexity index is 399. The van der Waals surface area contributed by atoms with E-state index in [-0.39, 0.29) is 12.0 Å². The highest BCUT2D eigenvalue weighted by Gasteiger charge is 2.55. The lowest BCUT2D eigenvalue weighted by Gasteiger charge is -2.34. The van der Waals surface area contributed by atoms with Gasteiger partial charge in [0, 0.05) is 19.0 Å². The Kier molecular flexibility index (Phi) is 4.64. The molecule has 4 heteroatoms. The highest BCUT2D eigenvalue weighted by molar-refractivity contribution is 5.68. The molecule has 1 saturated carbocycles. The van der Waals surface area contributed by atoms with Crippen LogP contribution in [-0.2, 0) is 9.53 Å². The number of amides is 1. The maximum atomic E-state index is 12.2. The Balaban J connectivity index is 1.95. The van der Waals surface area contributed by atoms with Crippen LogP contribution in [0.4, 0.5) is 4.79 Å². The molecule has 2 aliphatic rings. The number of nitrogens with zero attached hydrogens (tertiary/aromatic N) is 1. The lowest BCUT2D eigenvalue weighted by atomic mass is 9.90. The molecule has 1 amide bonds. The summed E-state index contributed by atoms with van der Waals surface area (Å²) in [6.45, 7) is 11.6. The van der Waals surface area contributed by atoms with Crippen molar-refractivity contribution in [2.45, 2.75) is 53.1 Å². The first-order valence-corrected chi connectivity index (χ1v) is 8.18. The lowest BCUT2D eigenvalue weighted by Crippen LogP contribution is -2.43. The molecular formula is C17H29NO3. The second-order valence-electron chi connectivity index (χ2n) is 7.94. The van der Waals surface area contributed by atoms with Crippen LogP contribution in [0.2, 0.25) is 0 Å². The Morgan fingerprint density at radius 2 is 2.00 bits per heavy atom. The molecule has 0 aromatic heterocycles. The molecule has 21 heavy (non-hydrogen) atoms. The van der Waals surface area contributed by atoms with Gasteiger partial charge in [-0.25, -0.2) is 4.79 Å². The van der Waals surface area contributed by atoms with Crippen LogP contribution in [0.5, 0.6) is 0 Å². The normalized spacial score (nSPS) is 33.0. The summed E-state index contributed by atoms with van der Waals surface area (Å²) in [7, 11) is 0. The molecule has 2 fully saturated rings. The molecule has 1 aliphatic heterocycles. The van der Waals surface area contributed by atoms with E-state index in [9.17, 15) is 9.59 Å². The van der Waals surface area contributed by atoms with Crippen molar-refractivity contribution < 1.29 is 14.3 Å². The summed E-state index contributed by atoms with van der Waals surface area (Å²) >= 11 is 0. The van der Waals surface area contributed by atoms with Crippen molar-refractivity contribution in [3.63, 3.8) is 0 Å². The maximum absolute atomic E-state index is 12.2. The summed E-state index contributed by atoms with van der Waals surface area (Å²) in [6.07, 6.45) is 3.05. The Morgan fingerprint density at radius 1 is 1.33 bits per heavy atom. The second-order valence-corrected chi connectivity index (χ2v) is 7.94. The van der Waals surface area contributed by atoms with Crippen LogP contribution in [0.25, 0.3) is 0 Å². The van der Waals surface area contributed by atoms with Gasteiger partial charge in [-0.3, -0.25) is 0 Å². The summed E-state index contributed by atoms with van der Waals surface area (Å²) in [5.74, 6) is 2.17. The molecule has 0 unspecified atom stereocenters. The van der Waals surface area contributed by atoms with Gasteiger partial charge in [-0.15, -0.1) is 0 Å². The molecule has 0 bridgehead atoms. The number of likely N-dealkylation sites (tertiary alicyclic amines) is 1. The number of hydrogen-bond acceptors (Lipinski definition) is 3. The molecule has 0 N–H and O–H groups in total. The SMILES string of the molecule is CC(C)[C@@H]1[C@H](C=O)[C@@H]1[C@H]1CCCN(C(=O)OC(C)(C)C)C1. The number of rotatable bonds is 3. The van der Waals surface area contributed by atoms with Gasteiger partial charge >= 0.3 is 6.09 Å². The minimum Gasteiger partial charge on any atom is -0.444 e. The zero-order valence-electron chi connectivity index (χ0n) is 14.0. The van der Waals surface area contributed by atoms with Gasteiger partial charge in [-0.1, -0.05) is 13.8 Å². The quantitative estimate of drug-likeness (QED) is 0.750. The average Bonchev–Trinajstić information content (AvgIpc) is 3.11. The Hall–Kier alpha value is -1.06. The van der Waals surface area contributed by atoms with E-state index in [4.69, 9.17) is 4.74 Å². The molecule has 120 valence electrons. The summed E-state index contributed by atoms with van der Waals surface area (Å²) < 4.78 is 5.47. The van der Waals surface area contributed by atoms with E-state index in [0.29, 0.717) is 23.7 Å². The molecule has 4 atom stereocenters. The monoisotopic (exact) mass is 295 g/mol. The van der Waals surface area contributed by atoms with E-state index in [2.05, 4.69) is 13.8 Å². The predicted octanol–water partition coefficient (Wildman–Crippen LogP) is 3.35. The van der Waals surface area contributed by atoms with Gasteiger partial charge in [-0.2, -0.15) is 0 Å². The third-order valence-corrected chi connectivity index (χ3v) is 4.77. The Labute approximate surface area is 128 Å². The number of hydrogen-bond donors (Lipinski definition) is 0. The molecule has 1 heterocycles. The smallest absolute Gasteiger partial charge is 0.410 e. The van der Waals surface area contributed by atoms with Crippen LogP contribution in [0, 0.1) is 29.6 Å². The third kappa shape index (κ3) is 3.78. The molecule has 4 nitrogen and oxygen atoms in total. The summed E-state index contributed by atoms with van der Waals surface area (Å²) in [4.78, 5) is 25.3. The molecule has 2 rings (SSSR count). The van der Waals surface area contributed by atoms with Crippen molar-refractivity contribution in [1.29, 1.82) is 0 Å². The van der Waals surface area contributed by atoms with Gasteiger partial charge in [0.1, 0.15) is 11.9 Å². The highest BCUT2D eigenvalue weighted by Crippen LogP contribution is 2.55. The van der Waals surface area contributed by atoms with Gasteiger partial charge in [0.05, 0.1) is 0 Å². The van der Waals surface area contributed by atoms with Gasteiger partial charge in [0.25, 0.3) is 0 Å². The molecule has 0 radical (unpaired) electrons. The van der Waals surface area contributed by atoms with Crippen LogP contribution in [0.15, 0.2) is 0 Å². The summed E-state index contributed by atoms with van der Waals surface area (Å²) in [5, 5.41) is 0. The van der Waals surface area contributed by atoms with E-state index in [1.807, 2.05) is 25.7 Å². The summed E-state index contributed by atoms with van der Waals surface area (Å²) in [6, 6.07) is 0. The van der Waals surface area contributed by atoms with Gasteiger partial charge in [-0.05, 0) is 57.3 Å². The molecular weight excluding hydrogens is 266 g/mol. The average molecular weight is 295 g/mol. The topological polar surface area (TPSA) is 46.6 Å². The maximum Gasteiger partial charge on any atom is 0.410 e. The molecule has 0 aromatic carbocycles. The van der Waals surface area contributed by atoms with Crippen molar-refractivity contribution in [3.05, 3.63) is 0 Å². The van der Waals surface area contributed by atoms with Crippen LogP contribution < -0.4 is 0 Å². The van der Waals surface area contributed by atoms with E-state index in [0.717, 1.165) is 32.2 Å². The van der Waals surface area contributed by atoms with Gasteiger partial charge < -0.3 is 14.4 Å². The third-order valence-electron chi connectivity index (χ3n) is 4.77. The van der Waals surface area contributed by atoms with Crippen molar-refractivity contribution in [1.82, 2.24) is 4.90 Å². The summed E-state index contributed by atoms with van der Waals surface area (Å²) in [5.41, 5.74) is -0.449. The van der Waals surface area contributed by atoms with Crippen LogP contribution in [0.3, 0.4) is 0 Å². The van der Waals surface area contributed by atoms with E-state index >= 15 is 0 Å². The molecule has 0 aromatic rings. The van der Waals surface area contributed by atoms with Crippen molar-refractivity contribution >= 4 is 12.4 Å². The molecule has 1 saturated heterocycles. The largest absolute Gasteiger partial charge is 0.444 e. The van der Waals surface area contributed by atoms with E-state index < -0.39 is 5.60 Å². The van der Waals surface area contributed by atoms with Gasteiger partial charge in [0.15, 0.2) is 0 Å². The standard InChI is InChI=1S/C17H29NO3/c1-11(2)14-13(10-19)15(14)12-7-6-8-18(9-12)16(20)21-17(3,4)5/h10-15H,6-9H2,1-5H3/t12-,13-,14+,15-/m0/s1. The minimum absolute atomic E-state index is 0.202. The van der Waals surface area contributed by atoms with Crippen molar-refractivity contribution in [3.8, 4) is 0 Å². The number of carbonyl (C=O) groups is 2. The molecule has 0 spiro atoms. The number of aldehydes is 1. The molecule has 1 aliphatic carbocycles. The predicted molar refractivity (Wildman–Crippen MR) is 81.9 cm³/mol. The number of ether oxygens (including phenoxy) is 1. The van der Waals surface area contributed by atoms with Crippen molar-refractivity contribution in [2.24, 2.45) is 29.6 Å². The first kappa shape index (κ1) is 16.3. The van der Waals surface area contributed by atoms with Gasteiger partial charge in [0.2, 0.25) is 0 Å². The highest BCUT2D eigenvalue weighted by atomic mass is 16.6. The van der Waals surface area contributed by atoms with Crippen LogP contribution >= 0.6 is 0 Å². The zero-order valence-corrected chi connectivity index (χ0v) is 14.0. The Morgan fingerprint density at radius 3 is 2.48 bits per heavy atom. The fourth-order valence-corrected chi connectivity index (χ4v) is 3.90. The fraction of sp³-hybridized carbons (Fsp3) is 0.882. The number of piperidine rings is 1. The number of carbonyl (C=O) groups excluding carboxylic acids is 2. The zero-order chi connectivity index (χ0) is 15.8. The fourth-order valence-electron chi connectivity index (χ4n) is 3.90. The van der Waals surface area contributed by atoms with Crippen LogP contribution in [0.1, 0.15) is 47.5 Å². The minimum atomic E-state index is -0.449. The van der Waals surface area contributed by atoms with Crippen molar-refractivity contribution in [2.75, 3.05) is 13.1 Å². The second kappa shape index (κ2) is 5.98. The van der Waals surface area contributed by atoms with Crippen LogP contribution in [-0.4, -0.2) is 36.0 Å². The first-order chi connectivity index (χ1) is 9.74. The lowest BCUT2D eigenvalue weighted by molar-refractivity contribution is -0.109. The van der Waals surface area contributed by atoms with E-state index in [1.54, 1.807) is 0 Å². The van der Waals surface area contributed by atoms with E-state index in [1.165, 1.54) is 0 Å².